The van der Waals surface area contributed by atoms with Crippen LogP contribution in [-0.4, -0.2) is 57.4 Å². The minimum absolute atomic E-state index is 0.273. The Morgan fingerprint density at radius 1 is 1.07 bits per heavy atom. The number of hydrogen-bond donors (Lipinski definition) is 2. The van der Waals surface area contributed by atoms with E-state index < -0.39 is 0 Å². The zero-order valence-corrected chi connectivity index (χ0v) is 17.4. The summed E-state index contributed by atoms with van der Waals surface area (Å²) in [7, 11) is 1.69. The highest BCUT2D eigenvalue weighted by molar-refractivity contribution is 5.79. The lowest BCUT2D eigenvalue weighted by atomic mass is 10.0. The number of rotatable bonds is 8. The van der Waals surface area contributed by atoms with Gasteiger partial charge in [0.1, 0.15) is 5.75 Å². The molecule has 0 spiro atoms. The van der Waals surface area contributed by atoms with Gasteiger partial charge in [-0.05, 0) is 18.6 Å². The predicted molar refractivity (Wildman–Crippen MR) is 117 cm³/mol. The summed E-state index contributed by atoms with van der Waals surface area (Å²) in [5.74, 6) is 1.68. The number of aliphatic imine (C=N–C) groups is 1. The van der Waals surface area contributed by atoms with Crippen molar-refractivity contribution in [2.75, 3.05) is 46.5 Å². The van der Waals surface area contributed by atoms with Gasteiger partial charge in [0.05, 0.1) is 32.9 Å². The number of ether oxygens (including phenoxy) is 2. The Hall–Kier alpha value is -2.57. The summed E-state index contributed by atoms with van der Waals surface area (Å²) in [6.45, 7) is 7.68. The molecular weight excluding hydrogens is 364 g/mol. The maximum absolute atomic E-state index is 5.55. The summed E-state index contributed by atoms with van der Waals surface area (Å²) < 4.78 is 11.0. The molecule has 2 N–H and O–H groups in total. The molecule has 0 amide bonds. The molecule has 6 nitrogen and oxygen atoms in total. The van der Waals surface area contributed by atoms with Crippen molar-refractivity contribution in [2.45, 2.75) is 19.5 Å². The van der Waals surface area contributed by atoms with E-state index in [2.05, 4.69) is 52.8 Å². The van der Waals surface area contributed by atoms with Crippen LogP contribution in [-0.2, 0) is 11.3 Å². The molecule has 1 unspecified atom stereocenters. The highest BCUT2D eigenvalue weighted by Gasteiger charge is 2.22. The van der Waals surface area contributed by atoms with E-state index in [0.29, 0.717) is 6.54 Å². The Labute approximate surface area is 173 Å². The lowest BCUT2D eigenvalue weighted by Gasteiger charge is -2.35. The molecule has 29 heavy (non-hydrogen) atoms. The Morgan fingerprint density at radius 2 is 1.79 bits per heavy atom. The molecule has 2 aromatic carbocycles. The smallest absolute Gasteiger partial charge is 0.191 e. The second kappa shape index (κ2) is 11.4. The van der Waals surface area contributed by atoms with E-state index in [-0.39, 0.29) is 6.04 Å². The molecule has 0 bridgehead atoms. The van der Waals surface area contributed by atoms with Crippen LogP contribution in [0.1, 0.15) is 24.1 Å². The normalized spacial score (nSPS) is 16.3. The second-order valence-corrected chi connectivity index (χ2v) is 6.96. The van der Waals surface area contributed by atoms with Gasteiger partial charge in [0.25, 0.3) is 0 Å². The quantitative estimate of drug-likeness (QED) is 0.531. The Morgan fingerprint density at radius 3 is 2.52 bits per heavy atom. The zero-order chi connectivity index (χ0) is 20.3. The van der Waals surface area contributed by atoms with Gasteiger partial charge in [-0.15, -0.1) is 0 Å². The SMILES string of the molecule is CCNC(=NCc1ccccc1OC)NCC(c1ccccc1)N1CCOCC1. The number of para-hydroxylation sites is 1. The van der Waals surface area contributed by atoms with Crippen molar-refractivity contribution < 1.29 is 9.47 Å². The number of morpholine rings is 1. The zero-order valence-electron chi connectivity index (χ0n) is 17.4. The molecule has 0 saturated carbocycles. The third-order valence-electron chi connectivity index (χ3n) is 5.08. The van der Waals surface area contributed by atoms with Gasteiger partial charge in [-0.1, -0.05) is 48.5 Å². The van der Waals surface area contributed by atoms with Crippen LogP contribution in [0, 0.1) is 0 Å². The van der Waals surface area contributed by atoms with Gasteiger partial charge in [-0.3, -0.25) is 4.90 Å². The van der Waals surface area contributed by atoms with Crippen LogP contribution in [0.3, 0.4) is 0 Å². The fourth-order valence-corrected chi connectivity index (χ4v) is 3.56. The number of guanidine groups is 1. The summed E-state index contributed by atoms with van der Waals surface area (Å²) in [6, 6.07) is 18.9. The molecule has 2 aromatic rings. The summed E-state index contributed by atoms with van der Waals surface area (Å²) in [5, 5.41) is 6.89. The van der Waals surface area contributed by atoms with E-state index in [9.17, 15) is 0 Å². The van der Waals surface area contributed by atoms with Gasteiger partial charge in [0.15, 0.2) is 5.96 Å². The van der Waals surface area contributed by atoms with E-state index >= 15 is 0 Å². The number of nitrogens with one attached hydrogen (secondary N) is 2. The van der Waals surface area contributed by atoms with Crippen LogP contribution in [0.2, 0.25) is 0 Å². The topological polar surface area (TPSA) is 58.1 Å². The summed E-state index contributed by atoms with van der Waals surface area (Å²) in [6.07, 6.45) is 0. The van der Waals surface area contributed by atoms with Gasteiger partial charge in [-0.2, -0.15) is 0 Å². The monoisotopic (exact) mass is 396 g/mol. The van der Waals surface area contributed by atoms with E-state index in [1.165, 1.54) is 5.56 Å². The number of benzene rings is 2. The Balaban J connectivity index is 1.70. The summed E-state index contributed by atoms with van der Waals surface area (Å²) in [5.41, 5.74) is 2.38. The molecule has 3 rings (SSSR count). The van der Waals surface area contributed by atoms with E-state index in [4.69, 9.17) is 14.5 Å². The highest BCUT2D eigenvalue weighted by atomic mass is 16.5. The molecule has 1 heterocycles. The lowest BCUT2D eigenvalue weighted by Crippen LogP contribution is -2.46. The minimum atomic E-state index is 0.273. The fourth-order valence-electron chi connectivity index (χ4n) is 3.56. The largest absolute Gasteiger partial charge is 0.496 e. The van der Waals surface area contributed by atoms with Gasteiger partial charge in [0, 0.05) is 31.7 Å². The molecule has 1 aliphatic rings. The summed E-state index contributed by atoms with van der Waals surface area (Å²) in [4.78, 5) is 7.26. The first-order valence-electron chi connectivity index (χ1n) is 10.3. The van der Waals surface area contributed by atoms with Crippen LogP contribution in [0.5, 0.6) is 5.75 Å². The second-order valence-electron chi connectivity index (χ2n) is 6.96. The van der Waals surface area contributed by atoms with Crippen molar-refractivity contribution in [3.8, 4) is 5.75 Å². The van der Waals surface area contributed by atoms with Crippen molar-refractivity contribution in [2.24, 2.45) is 4.99 Å². The van der Waals surface area contributed by atoms with Crippen LogP contribution >= 0.6 is 0 Å². The predicted octanol–water partition coefficient (Wildman–Crippen LogP) is 2.82. The molecule has 0 radical (unpaired) electrons. The standard InChI is InChI=1S/C23H32N4O2/c1-3-24-23(25-17-20-11-7-8-12-22(20)28-2)26-18-21(19-9-5-4-6-10-19)27-13-15-29-16-14-27/h4-12,21H,3,13-18H2,1-2H3,(H2,24,25,26). The van der Waals surface area contributed by atoms with Gasteiger partial charge in [-0.25, -0.2) is 4.99 Å². The van der Waals surface area contributed by atoms with E-state index in [1.807, 2.05) is 24.3 Å². The Kier molecular flexibility index (Phi) is 8.34. The third kappa shape index (κ3) is 6.21. The van der Waals surface area contributed by atoms with Gasteiger partial charge >= 0.3 is 0 Å². The molecule has 1 aliphatic heterocycles. The maximum atomic E-state index is 5.55. The van der Waals surface area contributed by atoms with E-state index in [1.54, 1.807) is 7.11 Å². The first kappa shape index (κ1) is 21.1. The van der Waals surface area contributed by atoms with Crippen LogP contribution in [0.4, 0.5) is 0 Å². The molecule has 1 atom stereocenters. The fraction of sp³-hybridized carbons (Fsp3) is 0.435. The number of hydrogen-bond acceptors (Lipinski definition) is 4. The number of methoxy groups -OCH3 is 1. The maximum Gasteiger partial charge on any atom is 0.191 e. The van der Waals surface area contributed by atoms with Crippen molar-refractivity contribution >= 4 is 5.96 Å². The highest BCUT2D eigenvalue weighted by Crippen LogP contribution is 2.21. The molecule has 0 aromatic heterocycles. The molecule has 156 valence electrons. The molecule has 0 aliphatic carbocycles. The van der Waals surface area contributed by atoms with Gasteiger partial charge < -0.3 is 20.1 Å². The molecular formula is C23H32N4O2. The average molecular weight is 397 g/mol. The third-order valence-corrected chi connectivity index (χ3v) is 5.08. The molecule has 6 heteroatoms. The summed E-state index contributed by atoms with van der Waals surface area (Å²) >= 11 is 0. The van der Waals surface area contributed by atoms with Crippen LogP contribution in [0.15, 0.2) is 59.6 Å². The minimum Gasteiger partial charge on any atom is -0.496 e. The van der Waals surface area contributed by atoms with Crippen molar-refractivity contribution in [3.63, 3.8) is 0 Å². The first-order chi connectivity index (χ1) is 14.3. The lowest BCUT2D eigenvalue weighted by molar-refractivity contribution is 0.0170. The van der Waals surface area contributed by atoms with Gasteiger partial charge in [0.2, 0.25) is 0 Å². The van der Waals surface area contributed by atoms with Crippen LogP contribution < -0.4 is 15.4 Å². The number of nitrogens with zero attached hydrogens (tertiary/aromatic N) is 2. The average Bonchev–Trinajstić information content (AvgIpc) is 2.79. The molecule has 1 saturated heterocycles. The first-order valence-corrected chi connectivity index (χ1v) is 10.3. The van der Waals surface area contributed by atoms with Crippen molar-refractivity contribution in [1.82, 2.24) is 15.5 Å². The van der Waals surface area contributed by atoms with Crippen LogP contribution in [0.25, 0.3) is 0 Å². The Bertz CT molecular complexity index is 760. The molecule has 1 fully saturated rings. The van der Waals surface area contributed by atoms with Crippen molar-refractivity contribution in [3.05, 3.63) is 65.7 Å². The van der Waals surface area contributed by atoms with Crippen molar-refractivity contribution in [1.29, 1.82) is 0 Å². The van der Waals surface area contributed by atoms with E-state index in [0.717, 1.165) is 56.7 Å².